The summed E-state index contributed by atoms with van der Waals surface area (Å²) in [5, 5.41) is 3.69. The molecule has 1 amide bonds. The molecule has 2 atom stereocenters. The van der Waals surface area contributed by atoms with E-state index in [4.69, 9.17) is 11.6 Å². The fourth-order valence-corrected chi connectivity index (χ4v) is 2.23. The van der Waals surface area contributed by atoms with Gasteiger partial charge in [-0.2, -0.15) is 0 Å². The summed E-state index contributed by atoms with van der Waals surface area (Å²) in [6, 6.07) is 6.24. The molecule has 1 N–H and O–H groups in total. The van der Waals surface area contributed by atoms with Crippen molar-refractivity contribution in [2.75, 3.05) is 0 Å². The first-order chi connectivity index (χ1) is 7.08. The van der Waals surface area contributed by atoms with Crippen LogP contribution >= 0.6 is 11.6 Å². The third kappa shape index (κ3) is 2.00. The summed E-state index contributed by atoms with van der Waals surface area (Å²) in [4.78, 5) is 11.2. The Labute approximate surface area is 94.6 Å². The number of halogens is 1. The van der Waals surface area contributed by atoms with E-state index in [1.165, 1.54) is 0 Å². The highest BCUT2D eigenvalue weighted by atomic mass is 35.5. The number of nitrogens with one attached hydrogen (secondary N) is 1. The van der Waals surface area contributed by atoms with Gasteiger partial charge in [-0.05, 0) is 31.0 Å². The Balaban J connectivity index is 2.30. The summed E-state index contributed by atoms with van der Waals surface area (Å²) in [5.41, 5.74) is 2.22. The number of benzene rings is 1. The van der Waals surface area contributed by atoms with E-state index in [0.29, 0.717) is 6.42 Å². The maximum Gasteiger partial charge on any atom is 0.220 e. The van der Waals surface area contributed by atoms with Crippen LogP contribution in [0.5, 0.6) is 0 Å². The van der Waals surface area contributed by atoms with Crippen molar-refractivity contribution in [1.82, 2.24) is 5.32 Å². The van der Waals surface area contributed by atoms with Crippen LogP contribution in [0.1, 0.15) is 30.4 Å². The van der Waals surface area contributed by atoms with Crippen LogP contribution in [0.15, 0.2) is 18.2 Å². The van der Waals surface area contributed by atoms with Crippen LogP contribution in [0.3, 0.4) is 0 Å². The van der Waals surface area contributed by atoms with Gasteiger partial charge in [-0.25, -0.2) is 0 Å². The molecule has 3 heteroatoms. The van der Waals surface area contributed by atoms with E-state index in [1.54, 1.807) is 0 Å². The van der Waals surface area contributed by atoms with Crippen LogP contribution in [0.2, 0.25) is 5.02 Å². The van der Waals surface area contributed by atoms with E-state index in [9.17, 15) is 4.79 Å². The van der Waals surface area contributed by atoms with Gasteiger partial charge in [0.15, 0.2) is 0 Å². The van der Waals surface area contributed by atoms with Crippen LogP contribution in [0.4, 0.5) is 0 Å². The van der Waals surface area contributed by atoms with Crippen molar-refractivity contribution in [3.8, 4) is 0 Å². The van der Waals surface area contributed by atoms with Crippen LogP contribution in [-0.2, 0) is 4.79 Å². The average Bonchev–Trinajstić information content (AvgIpc) is 2.50. The molecule has 1 heterocycles. The molecule has 0 aliphatic carbocycles. The van der Waals surface area contributed by atoms with Crippen molar-refractivity contribution in [2.24, 2.45) is 0 Å². The minimum atomic E-state index is 0.129. The maximum absolute atomic E-state index is 11.2. The van der Waals surface area contributed by atoms with Crippen molar-refractivity contribution in [1.29, 1.82) is 0 Å². The second-order valence-electron chi connectivity index (χ2n) is 4.18. The van der Waals surface area contributed by atoms with E-state index < -0.39 is 0 Å². The maximum atomic E-state index is 11.2. The molecule has 2 nitrogen and oxygen atoms in total. The molecule has 80 valence electrons. The standard InChI is InChI=1S/C12H14ClNO/c1-7-3-4-9(5-11(7)13)10-6-12(15)14-8(10)2/h3-5,8,10H,6H2,1-2H3,(H,14,15). The monoisotopic (exact) mass is 223 g/mol. The zero-order chi connectivity index (χ0) is 11.0. The lowest BCUT2D eigenvalue weighted by Gasteiger charge is -2.15. The molecule has 1 saturated heterocycles. The van der Waals surface area contributed by atoms with Crippen molar-refractivity contribution in [2.45, 2.75) is 32.2 Å². The van der Waals surface area contributed by atoms with E-state index in [2.05, 4.69) is 11.4 Å². The lowest BCUT2D eigenvalue weighted by atomic mass is 9.92. The Morgan fingerprint density at radius 3 is 2.73 bits per heavy atom. The van der Waals surface area contributed by atoms with Gasteiger partial charge in [0.05, 0.1) is 0 Å². The molecule has 2 rings (SSSR count). The average molecular weight is 224 g/mol. The molecule has 0 aromatic heterocycles. The number of amides is 1. The minimum absolute atomic E-state index is 0.129. The van der Waals surface area contributed by atoms with E-state index >= 15 is 0 Å². The van der Waals surface area contributed by atoms with Gasteiger partial charge >= 0.3 is 0 Å². The Bertz CT molecular complexity index is 403. The quantitative estimate of drug-likeness (QED) is 0.779. The summed E-state index contributed by atoms with van der Waals surface area (Å²) < 4.78 is 0. The second-order valence-corrected chi connectivity index (χ2v) is 4.58. The predicted molar refractivity (Wildman–Crippen MR) is 61.2 cm³/mol. The van der Waals surface area contributed by atoms with Gasteiger partial charge in [0, 0.05) is 23.4 Å². The molecule has 0 spiro atoms. The number of hydrogen-bond acceptors (Lipinski definition) is 1. The van der Waals surface area contributed by atoms with Crippen LogP contribution < -0.4 is 5.32 Å². The lowest BCUT2D eigenvalue weighted by Crippen LogP contribution is -2.24. The summed E-state index contributed by atoms with van der Waals surface area (Å²) in [5.74, 6) is 0.389. The number of carbonyl (C=O) groups is 1. The normalized spacial score (nSPS) is 25.4. The largest absolute Gasteiger partial charge is 0.353 e. The van der Waals surface area contributed by atoms with Crippen LogP contribution in [0.25, 0.3) is 0 Å². The molecule has 0 bridgehead atoms. The van der Waals surface area contributed by atoms with Gasteiger partial charge in [0.2, 0.25) is 5.91 Å². The summed E-state index contributed by atoms with van der Waals surface area (Å²) in [6.45, 7) is 4.01. The highest BCUT2D eigenvalue weighted by Gasteiger charge is 2.30. The van der Waals surface area contributed by atoms with Crippen molar-refractivity contribution in [3.05, 3.63) is 34.3 Å². The van der Waals surface area contributed by atoms with Crippen LogP contribution in [0, 0.1) is 6.92 Å². The Morgan fingerprint density at radius 1 is 1.47 bits per heavy atom. The van der Waals surface area contributed by atoms with Crippen molar-refractivity contribution >= 4 is 17.5 Å². The number of hydrogen-bond donors (Lipinski definition) is 1. The Morgan fingerprint density at radius 2 is 2.20 bits per heavy atom. The topological polar surface area (TPSA) is 29.1 Å². The third-order valence-corrected chi connectivity index (χ3v) is 3.43. The number of rotatable bonds is 1. The molecule has 1 aliphatic rings. The highest BCUT2D eigenvalue weighted by Crippen LogP contribution is 2.30. The molecule has 0 saturated carbocycles. The van der Waals surface area contributed by atoms with E-state index in [-0.39, 0.29) is 17.9 Å². The fourth-order valence-electron chi connectivity index (χ4n) is 2.04. The second kappa shape index (κ2) is 3.86. The molecular formula is C12H14ClNO. The highest BCUT2D eigenvalue weighted by molar-refractivity contribution is 6.31. The molecule has 0 radical (unpaired) electrons. The predicted octanol–water partition coefficient (Wildman–Crippen LogP) is 2.64. The number of aryl methyl sites for hydroxylation is 1. The van der Waals surface area contributed by atoms with Gasteiger partial charge in [-0.15, -0.1) is 0 Å². The summed E-state index contributed by atoms with van der Waals surface area (Å²) in [7, 11) is 0. The minimum Gasteiger partial charge on any atom is -0.353 e. The lowest BCUT2D eigenvalue weighted by molar-refractivity contribution is -0.119. The number of carbonyl (C=O) groups excluding carboxylic acids is 1. The molecule has 15 heavy (non-hydrogen) atoms. The third-order valence-electron chi connectivity index (χ3n) is 3.02. The van der Waals surface area contributed by atoms with E-state index in [0.717, 1.165) is 16.1 Å². The Kier molecular flexibility index (Phi) is 2.70. The first kappa shape index (κ1) is 10.5. The van der Waals surface area contributed by atoms with E-state index in [1.807, 2.05) is 26.0 Å². The van der Waals surface area contributed by atoms with Crippen molar-refractivity contribution in [3.63, 3.8) is 0 Å². The first-order valence-corrected chi connectivity index (χ1v) is 5.51. The summed E-state index contributed by atoms with van der Waals surface area (Å²) in [6.07, 6.45) is 0.570. The van der Waals surface area contributed by atoms with Gasteiger partial charge in [0.25, 0.3) is 0 Å². The molecule has 2 unspecified atom stereocenters. The smallest absolute Gasteiger partial charge is 0.220 e. The first-order valence-electron chi connectivity index (χ1n) is 5.13. The molecular weight excluding hydrogens is 210 g/mol. The molecule has 1 fully saturated rings. The SMILES string of the molecule is Cc1ccc(C2CC(=O)NC2C)cc1Cl. The molecule has 1 aromatic rings. The zero-order valence-electron chi connectivity index (χ0n) is 8.88. The fraction of sp³-hybridized carbons (Fsp3) is 0.417. The van der Waals surface area contributed by atoms with Crippen LogP contribution in [-0.4, -0.2) is 11.9 Å². The molecule has 1 aromatic carbocycles. The Hall–Kier alpha value is -1.02. The van der Waals surface area contributed by atoms with Gasteiger partial charge < -0.3 is 5.32 Å². The van der Waals surface area contributed by atoms with Crippen molar-refractivity contribution < 1.29 is 4.79 Å². The molecule has 1 aliphatic heterocycles. The van der Waals surface area contributed by atoms with Gasteiger partial charge in [-0.3, -0.25) is 4.79 Å². The zero-order valence-corrected chi connectivity index (χ0v) is 9.64. The van der Waals surface area contributed by atoms with Gasteiger partial charge in [-0.1, -0.05) is 23.7 Å². The summed E-state index contributed by atoms with van der Waals surface area (Å²) >= 11 is 6.07. The van der Waals surface area contributed by atoms with Gasteiger partial charge in [0.1, 0.15) is 0 Å².